The highest BCUT2D eigenvalue weighted by Crippen LogP contribution is 2.13. The highest BCUT2D eigenvalue weighted by atomic mass is 35.5. The highest BCUT2D eigenvalue weighted by molar-refractivity contribution is 5.85. The minimum absolute atomic E-state index is 0. The van der Waals surface area contributed by atoms with E-state index >= 15 is 0 Å². The largest absolute Gasteiger partial charge is 0.380 e. The Balaban J connectivity index is 0.00000169. The molecule has 1 fully saturated rings. The van der Waals surface area contributed by atoms with Gasteiger partial charge in [0.2, 0.25) is 5.91 Å². The Morgan fingerprint density at radius 3 is 2.73 bits per heavy atom. The Bertz CT molecular complexity index is 681. The van der Waals surface area contributed by atoms with E-state index in [0.29, 0.717) is 6.54 Å². The summed E-state index contributed by atoms with van der Waals surface area (Å²) in [5, 5.41) is 3.23. The fraction of sp³-hybridized carbons (Fsp3) is 0.444. The van der Waals surface area contributed by atoms with E-state index in [9.17, 15) is 4.79 Å². The molecule has 0 saturated carbocycles. The molecule has 6 nitrogen and oxygen atoms in total. The minimum Gasteiger partial charge on any atom is -0.380 e. The normalized spacial score (nSPS) is 18.7. The van der Waals surface area contributed by atoms with Crippen LogP contribution in [0.4, 0.5) is 0 Å². The second-order valence-electron chi connectivity index (χ2n) is 6.21. The van der Waals surface area contributed by atoms with Crippen LogP contribution in [0.2, 0.25) is 0 Å². The van der Waals surface area contributed by atoms with Crippen molar-refractivity contribution in [2.24, 2.45) is 0 Å². The smallest absolute Gasteiger partial charge is 0.239 e. The number of carbonyl (C=O) groups is 1. The molecule has 1 N–H and O–H groups in total. The quantitative estimate of drug-likeness (QED) is 0.806. The summed E-state index contributed by atoms with van der Waals surface area (Å²) in [5.41, 5.74) is 1.21. The molecule has 0 radical (unpaired) electrons. The van der Waals surface area contributed by atoms with Gasteiger partial charge in [0.05, 0.1) is 18.7 Å². The lowest BCUT2D eigenvalue weighted by atomic mass is 10.2. The molecule has 2 heterocycles. The Morgan fingerprint density at radius 2 is 2.08 bits per heavy atom. The van der Waals surface area contributed by atoms with Crippen LogP contribution < -0.4 is 5.32 Å². The molecule has 0 aliphatic carbocycles. The van der Waals surface area contributed by atoms with E-state index in [2.05, 4.69) is 27.0 Å². The highest BCUT2D eigenvalue weighted by Gasteiger charge is 2.31. The molecule has 2 atom stereocenters. The van der Waals surface area contributed by atoms with E-state index < -0.39 is 0 Å². The summed E-state index contributed by atoms with van der Waals surface area (Å²) in [6, 6.07) is 10.1. The molecule has 3 rings (SSSR count). The first-order chi connectivity index (χ1) is 11.7. The van der Waals surface area contributed by atoms with E-state index in [1.165, 1.54) is 5.56 Å². The average Bonchev–Trinajstić information content (AvgIpc) is 3.25. The van der Waals surface area contributed by atoms with Gasteiger partial charge in [-0.1, -0.05) is 30.3 Å². The molecule has 1 aromatic heterocycles. The Kier molecular flexibility index (Phi) is 9.08. The zero-order valence-electron chi connectivity index (χ0n) is 15.0. The van der Waals surface area contributed by atoms with Crippen molar-refractivity contribution in [2.75, 3.05) is 20.7 Å². The summed E-state index contributed by atoms with van der Waals surface area (Å²) >= 11 is 0. The number of aromatic nitrogens is 2. The van der Waals surface area contributed by atoms with Gasteiger partial charge in [-0.25, -0.2) is 4.98 Å². The molecule has 8 heteroatoms. The SMILES string of the molecule is CO[C@@H]1CN[C@H](C(=O)N(C)Cc2nccn2Cc2ccccc2)C1.Cl.Cl. The third-order valence-corrected chi connectivity index (χ3v) is 4.47. The lowest BCUT2D eigenvalue weighted by molar-refractivity contribution is -0.132. The monoisotopic (exact) mass is 400 g/mol. The van der Waals surface area contributed by atoms with Crippen LogP contribution in [0.3, 0.4) is 0 Å². The van der Waals surface area contributed by atoms with Crippen LogP contribution in [0.5, 0.6) is 0 Å². The van der Waals surface area contributed by atoms with Crippen molar-refractivity contribution in [1.82, 2.24) is 19.8 Å². The van der Waals surface area contributed by atoms with Gasteiger partial charge in [-0.15, -0.1) is 24.8 Å². The van der Waals surface area contributed by atoms with Gasteiger partial charge in [-0.05, 0) is 12.0 Å². The lowest BCUT2D eigenvalue weighted by Crippen LogP contribution is -2.41. The molecule has 0 unspecified atom stereocenters. The van der Waals surface area contributed by atoms with Crippen LogP contribution in [0.25, 0.3) is 0 Å². The summed E-state index contributed by atoms with van der Waals surface area (Å²) in [6.45, 7) is 1.98. The van der Waals surface area contributed by atoms with Crippen molar-refractivity contribution < 1.29 is 9.53 Å². The van der Waals surface area contributed by atoms with Gasteiger partial charge in [0, 0.05) is 39.6 Å². The van der Waals surface area contributed by atoms with Gasteiger partial charge in [-0.3, -0.25) is 4.79 Å². The molecular weight excluding hydrogens is 375 g/mol. The third kappa shape index (κ3) is 5.45. The number of halogens is 2. The molecule has 1 saturated heterocycles. The molecule has 26 heavy (non-hydrogen) atoms. The van der Waals surface area contributed by atoms with Crippen LogP contribution >= 0.6 is 24.8 Å². The molecule has 2 aromatic rings. The van der Waals surface area contributed by atoms with E-state index in [4.69, 9.17) is 4.74 Å². The molecule has 1 aliphatic rings. The van der Waals surface area contributed by atoms with Gasteiger partial charge >= 0.3 is 0 Å². The van der Waals surface area contributed by atoms with Crippen molar-refractivity contribution in [1.29, 1.82) is 0 Å². The summed E-state index contributed by atoms with van der Waals surface area (Å²) in [4.78, 5) is 18.7. The number of likely N-dealkylation sites (N-methyl/N-ethyl adjacent to an activating group) is 1. The Morgan fingerprint density at radius 1 is 1.35 bits per heavy atom. The van der Waals surface area contributed by atoms with Crippen LogP contribution in [-0.4, -0.2) is 53.2 Å². The Hall–Kier alpha value is -1.60. The number of imidazole rings is 1. The van der Waals surface area contributed by atoms with Gasteiger partial charge in [0.1, 0.15) is 5.82 Å². The first-order valence-electron chi connectivity index (χ1n) is 8.22. The number of nitrogens with zero attached hydrogens (tertiary/aromatic N) is 3. The van der Waals surface area contributed by atoms with Gasteiger partial charge in [-0.2, -0.15) is 0 Å². The summed E-state index contributed by atoms with van der Waals surface area (Å²) in [5.74, 6) is 0.972. The van der Waals surface area contributed by atoms with Crippen LogP contribution in [0, 0.1) is 0 Å². The van der Waals surface area contributed by atoms with Crippen molar-refractivity contribution in [3.05, 3.63) is 54.1 Å². The number of nitrogens with one attached hydrogen (secondary N) is 1. The fourth-order valence-electron chi connectivity index (χ4n) is 3.04. The number of hydrogen-bond donors (Lipinski definition) is 1. The first kappa shape index (κ1) is 22.4. The van der Waals surface area contributed by atoms with Crippen molar-refractivity contribution in [3.8, 4) is 0 Å². The molecule has 1 aliphatic heterocycles. The first-order valence-corrected chi connectivity index (χ1v) is 8.22. The van der Waals surface area contributed by atoms with Crippen molar-refractivity contribution in [3.63, 3.8) is 0 Å². The minimum atomic E-state index is -0.169. The standard InChI is InChI=1S/C18H24N4O2.2ClH/c1-21(18(23)16-10-15(24-2)11-20-16)13-17-19-8-9-22(17)12-14-6-4-3-5-7-14;;/h3-9,15-16,20H,10-13H2,1-2H3;2*1H/t15-,16-;;/m0../s1. The summed E-state index contributed by atoms with van der Waals surface area (Å²) in [6.07, 6.45) is 4.58. The summed E-state index contributed by atoms with van der Waals surface area (Å²) in [7, 11) is 3.51. The van der Waals surface area contributed by atoms with E-state index in [0.717, 1.165) is 25.3 Å². The van der Waals surface area contributed by atoms with Crippen molar-refractivity contribution in [2.45, 2.75) is 31.7 Å². The molecule has 0 spiro atoms. The molecule has 1 aromatic carbocycles. The maximum absolute atomic E-state index is 12.6. The molecule has 0 bridgehead atoms. The second-order valence-corrected chi connectivity index (χ2v) is 6.21. The summed E-state index contributed by atoms with van der Waals surface area (Å²) < 4.78 is 7.40. The fourth-order valence-corrected chi connectivity index (χ4v) is 3.04. The molecular formula is C18H26Cl2N4O2. The number of benzene rings is 1. The predicted molar refractivity (Wildman–Crippen MR) is 106 cm³/mol. The second kappa shape index (κ2) is 10.5. The van der Waals surface area contributed by atoms with E-state index in [1.807, 2.05) is 31.4 Å². The lowest BCUT2D eigenvalue weighted by Gasteiger charge is -2.21. The van der Waals surface area contributed by atoms with Crippen molar-refractivity contribution >= 4 is 30.7 Å². The third-order valence-electron chi connectivity index (χ3n) is 4.47. The number of carbonyl (C=O) groups excluding carboxylic acids is 1. The number of ether oxygens (including phenoxy) is 1. The maximum atomic E-state index is 12.6. The number of rotatable bonds is 6. The Labute approximate surface area is 166 Å². The van der Waals surface area contributed by atoms with Crippen LogP contribution in [0.15, 0.2) is 42.7 Å². The van der Waals surface area contributed by atoms with Gasteiger partial charge in [0.15, 0.2) is 0 Å². The molecule has 144 valence electrons. The molecule has 1 amide bonds. The van der Waals surface area contributed by atoms with Crippen LogP contribution in [-0.2, 0) is 22.6 Å². The van der Waals surface area contributed by atoms with E-state index in [1.54, 1.807) is 18.2 Å². The van der Waals surface area contributed by atoms with Gasteiger partial charge in [0.25, 0.3) is 0 Å². The average molecular weight is 401 g/mol. The van der Waals surface area contributed by atoms with Crippen LogP contribution in [0.1, 0.15) is 17.8 Å². The maximum Gasteiger partial charge on any atom is 0.239 e. The number of amides is 1. The number of methoxy groups -OCH3 is 1. The zero-order valence-corrected chi connectivity index (χ0v) is 16.6. The number of hydrogen-bond acceptors (Lipinski definition) is 4. The van der Waals surface area contributed by atoms with Gasteiger partial charge < -0.3 is 19.5 Å². The predicted octanol–water partition coefficient (Wildman–Crippen LogP) is 2.11. The topological polar surface area (TPSA) is 59.4 Å². The van der Waals surface area contributed by atoms with E-state index in [-0.39, 0.29) is 42.9 Å². The zero-order chi connectivity index (χ0) is 16.9.